The molecule has 5 heteroatoms. The number of hydrogen-bond donors (Lipinski definition) is 0. The Kier molecular flexibility index (Phi) is 4.86. The SMILES string of the molecule is [N-]=[N+]=NCCS(=O)CC1CCCC1. The van der Waals surface area contributed by atoms with Crippen LogP contribution in [0, 0.1) is 5.92 Å². The molecular formula is C8H15N3OS. The lowest BCUT2D eigenvalue weighted by Crippen LogP contribution is -2.11. The second-order valence-electron chi connectivity index (χ2n) is 3.42. The highest BCUT2D eigenvalue weighted by molar-refractivity contribution is 7.85. The van der Waals surface area contributed by atoms with Gasteiger partial charge in [-0.1, -0.05) is 18.0 Å². The molecule has 0 radical (unpaired) electrons. The summed E-state index contributed by atoms with van der Waals surface area (Å²) in [5.41, 5.74) is 8.02. The van der Waals surface area contributed by atoms with Crippen molar-refractivity contribution in [2.24, 2.45) is 11.0 Å². The Hall–Kier alpha value is -0.540. The zero-order valence-electron chi connectivity index (χ0n) is 7.69. The Morgan fingerprint density at radius 3 is 2.77 bits per heavy atom. The third-order valence-electron chi connectivity index (χ3n) is 2.38. The van der Waals surface area contributed by atoms with Crippen LogP contribution in [0.3, 0.4) is 0 Å². The lowest BCUT2D eigenvalue weighted by Gasteiger charge is -2.06. The molecule has 1 fully saturated rings. The van der Waals surface area contributed by atoms with Gasteiger partial charge in [0.25, 0.3) is 0 Å². The molecule has 0 aliphatic heterocycles. The van der Waals surface area contributed by atoms with Crippen molar-refractivity contribution in [3.8, 4) is 0 Å². The summed E-state index contributed by atoms with van der Waals surface area (Å²) in [6, 6.07) is 0. The van der Waals surface area contributed by atoms with Crippen molar-refractivity contribution in [1.82, 2.24) is 0 Å². The van der Waals surface area contributed by atoms with Crippen molar-refractivity contribution in [1.29, 1.82) is 0 Å². The highest BCUT2D eigenvalue weighted by Gasteiger charge is 2.16. The second-order valence-corrected chi connectivity index (χ2v) is 5.04. The fraction of sp³-hybridized carbons (Fsp3) is 1.00. The summed E-state index contributed by atoms with van der Waals surface area (Å²) in [5.74, 6) is 1.99. The van der Waals surface area contributed by atoms with E-state index in [9.17, 15) is 4.21 Å². The molecule has 0 spiro atoms. The van der Waals surface area contributed by atoms with Crippen molar-refractivity contribution in [2.75, 3.05) is 18.1 Å². The summed E-state index contributed by atoms with van der Waals surface area (Å²) in [6.07, 6.45) is 5.04. The number of nitrogens with zero attached hydrogens (tertiary/aromatic N) is 3. The quantitative estimate of drug-likeness (QED) is 0.382. The second kappa shape index (κ2) is 6.00. The summed E-state index contributed by atoms with van der Waals surface area (Å²) < 4.78 is 11.4. The predicted molar refractivity (Wildman–Crippen MR) is 53.8 cm³/mol. The van der Waals surface area contributed by atoms with E-state index in [1.807, 2.05) is 0 Å². The molecule has 1 atom stereocenters. The van der Waals surface area contributed by atoms with E-state index >= 15 is 0 Å². The van der Waals surface area contributed by atoms with E-state index in [1.165, 1.54) is 25.7 Å². The summed E-state index contributed by atoms with van der Waals surface area (Å²) in [7, 11) is -0.776. The molecule has 13 heavy (non-hydrogen) atoms. The van der Waals surface area contributed by atoms with Crippen LogP contribution in [0.1, 0.15) is 25.7 Å². The normalized spacial score (nSPS) is 19.7. The molecule has 0 N–H and O–H groups in total. The van der Waals surface area contributed by atoms with Gasteiger partial charge in [0.1, 0.15) is 0 Å². The lowest BCUT2D eigenvalue weighted by atomic mass is 10.1. The first-order valence-corrected chi connectivity index (χ1v) is 6.17. The maximum absolute atomic E-state index is 11.4. The van der Waals surface area contributed by atoms with Crippen LogP contribution >= 0.6 is 0 Å². The maximum atomic E-state index is 11.4. The Balaban J connectivity index is 2.12. The van der Waals surface area contributed by atoms with Crippen LogP contribution in [0.2, 0.25) is 0 Å². The highest BCUT2D eigenvalue weighted by atomic mass is 32.2. The van der Waals surface area contributed by atoms with Gasteiger partial charge in [0.15, 0.2) is 0 Å². The molecule has 1 unspecified atom stereocenters. The van der Waals surface area contributed by atoms with Gasteiger partial charge in [0.2, 0.25) is 0 Å². The minimum atomic E-state index is -0.776. The van der Waals surface area contributed by atoms with Gasteiger partial charge < -0.3 is 0 Å². The van der Waals surface area contributed by atoms with Crippen molar-refractivity contribution in [3.63, 3.8) is 0 Å². The van der Waals surface area contributed by atoms with Crippen molar-refractivity contribution in [3.05, 3.63) is 10.4 Å². The van der Waals surface area contributed by atoms with Crippen molar-refractivity contribution < 1.29 is 4.21 Å². The minimum Gasteiger partial charge on any atom is -0.260 e. The van der Waals surface area contributed by atoms with Crippen LogP contribution in [-0.4, -0.2) is 22.3 Å². The van der Waals surface area contributed by atoms with Gasteiger partial charge in [-0.3, -0.25) is 4.21 Å². The first-order valence-electron chi connectivity index (χ1n) is 4.68. The van der Waals surface area contributed by atoms with Crippen molar-refractivity contribution >= 4 is 10.8 Å². The van der Waals surface area contributed by atoms with Gasteiger partial charge in [-0.15, -0.1) is 0 Å². The van der Waals surface area contributed by atoms with Crippen LogP contribution in [0.15, 0.2) is 5.11 Å². The van der Waals surface area contributed by atoms with E-state index < -0.39 is 10.8 Å². The summed E-state index contributed by atoms with van der Waals surface area (Å²) in [4.78, 5) is 2.63. The van der Waals surface area contributed by atoms with Crippen LogP contribution < -0.4 is 0 Å². The zero-order chi connectivity index (χ0) is 9.52. The van der Waals surface area contributed by atoms with E-state index in [4.69, 9.17) is 5.53 Å². The molecule has 0 aromatic carbocycles. The molecule has 0 aromatic rings. The minimum absolute atomic E-state index is 0.371. The van der Waals surface area contributed by atoms with Gasteiger partial charge in [-0.25, -0.2) is 0 Å². The Bertz CT molecular complexity index is 219. The molecule has 4 nitrogen and oxygen atoms in total. The fourth-order valence-electron chi connectivity index (χ4n) is 1.71. The molecule has 1 rings (SSSR count). The molecule has 0 saturated heterocycles. The summed E-state index contributed by atoms with van der Waals surface area (Å²) in [5, 5.41) is 3.37. The third-order valence-corrected chi connectivity index (χ3v) is 3.86. The number of hydrogen-bond acceptors (Lipinski definition) is 2. The number of azide groups is 1. The molecule has 0 heterocycles. The van der Waals surface area contributed by atoms with Gasteiger partial charge in [0, 0.05) is 33.8 Å². The topological polar surface area (TPSA) is 65.8 Å². The van der Waals surface area contributed by atoms with E-state index in [-0.39, 0.29) is 0 Å². The first-order chi connectivity index (χ1) is 6.33. The third kappa shape index (κ3) is 4.29. The first kappa shape index (κ1) is 10.5. The monoisotopic (exact) mass is 201 g/mol. The molecule has 74 valence electrons. The van der Waals surface area contributed by atoms with E-state index in [0.717, 1.165) is 5.75 Å². The van der Waals surface area contributed by atoms with E-state index in [2.05, 4.69) is 10.0 Å². The molecule has 0 bridgehead atoms. The number of rotatable bonds is 5. The van der Waals surface area contributed by atoms with Gasteiger partial charge in [-0.05, 0) is 24.3 Å². The van der Waals surface area contributed by atoms with Crippen LogP contribution in [0.25, 0.3) is 10.4 Å². The van der Waals surface area contributed by atoms with E-state index in [1.54, 1.807) is 0 Å². The summed E-state index contributed by atoms with van der Waals surface area (Å²) in [6.45, 7) is 0.371. The van der Waals surface area contributed by atoms with Crippen LogP contribution in [0.4, 0.5) is 0 Å². The molecular weight excluding hydrogens is 186 g/mol. The highest BCUT2D eigenvalue weighted by Crippen LogP contribution is 2.25. The smallest absolute Gasteiger partial charge is 0.0373 e. The molecule has 1 aliphatic carbocycles. The van der Waals surface area contributed by atoms with Gasteiger partial charge in [0.05, 0.1) is 0 Å². The van der Waals surface area contributed by atoms with Gasteiger partial charge in [-0.2, -0.15) is 0 Å². The lowest BCUT2D eigenvalue weighted by molar-refractivity contribution is 0.604. The largest absolute Gasteiger partial charge is 0.260 e. The Labute approximate surface area is 80.8 Å². The summed E-state index contributed by atoms with van der Waals surface area (Å²) >= 11 is 0. The van der Waals surface area contributed by atoms with Crippen molar-refractivity contribution in [2.45, 2.75) is 25.7 Å². The molecule has 0 aromatic heterocycles. The zero-order valence-corrected chi connectivity index (χ0v) is 8.50. The average Bonchev–Trinajstić information content (AvgIpc) is 2.57. The average molecular weight is 201 g/mol. The molecule has 0 amide bonds. The van der Waals surface area contributed by atoms with Gasteiger partial charge >= 0.3 is 0 Å². The predicted octanol–water partition coefficient (Wildman–Crippen LogP) is 2.24. The Morgan fingerprint density at radius 1 is 1.46 bits per heavy atom. The van der Waals surface area contributed by atoms with Crippen LogP contribution in [0.5, 0.6) is 0 Å². The Morgan fingerprint density at radius 2 is 2.15 bits per heavy atom. The maximum Gasteiger partial charge on any atom is 0.0373 e. The molecule has 1 saturated carbocycles. The van der Waals surface area contributed by atoms with E-state index in [0.29, 0.717) is 18.2 Å². The molecule has 1 aliphatic rings. The fourth-order valence-corrected chi connectivity index (χ4v) is 3.02. The standard InChI is InChI=1S/C8H15N3OS/c9-11-10-5-6-13(12)7-8-3-1-2-4-8/h8H,1-7H2. The van der Waals surface area contributed by atoms with Crippen LogP contribution in [-0.2, 0) is 10.8 Å².